The van der Waals surface area contributed by atoms with Crippen LogP contribution in [0.2, 0.25) is 5.02 Å². The van der Waals surface area contributed by atoms with Crippen molar-refractivity contribution >= 4 is 28.8 Å². The third kappa shape index (κ3) is 3.30. The highest BCUT2D eigenvalue weighted by atomic mass is 35.5. The van der Waals surface area contributed by atoms with Crippen LogP contribution in [-0.2, 0) is 6.54 Å². The summed E-state index contributed by atoms with van der Waals surface area (Å²) in [5, 5.41) is 2.76. The number of halogens is 1. The minimum absolute atomic E-state index is 0.407. The average molecular weight is 360 g/mol. The molecule has 0 unspecified atom stereocenters. The maximum absolute atomic E-state index is 5.95. The lowest BCUT2D eigenvalue weighted by Crippen LogP contribution is -2.35. The average Bonchev–Trinajstić information content (AvgIpc) is 3.28. The third-order valence-electron chi connectivity index (χ3n) is 4.39. The van der Waals surface area contributed by atoms with E-state index in [0.717, 1.165) is 49.8 Å². The molecule has 1 aliphatic heterocycles. The molecule has 3 aromatic rings. The molecule has 0 bridgehead atoms. The molecule has 124 valence electrons. The summed E-state index contributed by atoms with van der Waals surface area (Å²) in [7, 11) is 0. The highest BCUT2D eigenvalue weighted by Crippen LogP contribution is 2.29. The van der Waals surface area contributed by atoms with E-state index in [9.17, 15) is 0 Å². The van der Waals surface area contributed by atoms with Crippen LogP contribution in [0.4, 0.5) is 5.82 Å². The van der Waals surface area contributed by atoms with Gasteiger partial charge in [-0.05, 0) is 25.0 Å². The van der Waals surface area contributed by atoms with Crippen LogP contribution in [0, 0.1) is 0 Å². The number of hydrogen-bond acceptors (Lipinski definition) is 5. The molecule has 4 heterocycles. The molecule has 0 N–H and O–H groups in total. The van der Waals surface area contributed by atoms with Gasteiger partial charge in [-0.2, -0.15) is 0 Å². The summed E-state index contributed by atoms with van der Waals surface area (Å²) in [6.07, 6.45) is 7.94. The number of aromatic nitrogens is 4. The van der Waals surface area contributed by atoms with Crippen molar-refractivity contribution < 1.29 is 0 Å². The van der Waals surface area contributed by atoms with Crippen molar-refractivity contribution in [2.24, 2.45) is 0 Å². The molecule has 0 spiro atoms. The predicted molar refractivity (Wildman–Crippen MR) is 96.9 cm³/mol. The minimum Gasteiger partial charge on any atom is -0.356 e. The Bertz CT molecular complexity index is 784. The van der Waals surface area contributed by atoms with Gasteiger partial charge in [-0.1, -0.05) is 11.6 Å². The van der Waals surface area contributed by atoms with Crippen LogP contribution in [0.15, 0.2) is 41.6 Å². The number of thiazole rings is 1. The summed E-state index contributed by atoms with van der Waals surface area (Å²) < 4.78 is 2.22. The fourth-order valence-corrected chi connectivity index (χ4v) is 3.92. The Hall–Kier alpha value is -1.92. The van der Waals surface area contributed by atoms with Crippen LogP contribution in [-0.4, -0.2) is 32.6 Å². The third-order valence-corrected chi connectivity index (χ3v) is 5.24. The monoisotopic (exact) mass is 359 g/mol. The summed E-state index contributed by atoms with van der Waals surface area (Å²) in [4.78, 5) is 15.8. The normalized spacial score (nSPS) is 18.0. The van der Waals surface area contributed by atoms with Gasteiger partial charge in [0, 0.05) is 43.0 Å². The summed E-state index contributed by atoms with van der Waals surface area (Å²) >= 11 is 7.58. The Kier molecular flexibility index (Phi) is 4.49. The number of pyridine rings is 1. The zero-order valence-corrected chi connectivity index (χ0v) is 14.7. The molecule has 3 aromatic heterocycles. The van der Waals surface area contributed by atoms with E-state index in [4.69, 9.17) is 11.6 Å². The van der Waals surface area contributed by atoms with E-state index in [1.807, 2.05) is 30.0 Å². The molecule has 7 heteroatoms. The zero-order valence-electron chi connectivity index (χ0n) is 13.2. The smallest absolute Gasteiger partial charge is 0.128 e. The van der Waals surface area contributed by atoms with Crippen LogP contribution < -0.4 is 4.90 Å². The SMILES string of the molecule is Clc1ccc(N2CCC[C@@H](c3nccn3Cc3cscn3)C2)nc1. The standard InChI is InChI=1S/C17H18ClN5S/c18-14-3-4-16(20-8-14)22-6-1-2-13(9-22)17-19-5-7-23(17)10-15-11-24-12-21-15/h3-5,7-8,11-13H,1-2,6,9-10H2/t13-/m1/s1. The molecule has 1 fully saturated rings. The van der Waals surface area contributed by atoms with E-state index in [2.05, 4.69) is 29.8 Å². The molecule has 5 nitrogen and oxygen atoms in total. The van der Waals surface area contributed by atoms with Crippen molar-refractivity contribution in [1.82, 2.24) is 19.5 Å². The quantitative estimate of drug-likeness (QED) is 0.710. The van der Waals surface area contributed by atoms with E-state index in [1.165, 1.54) is 0 Å². The molecule has 1 aliphatic rings. The Morgan fingerprint density at radius 2 is 2.21 bits per heavy atom. The van der Waals surface area contributed by atoms with Crippen LogP contribution in [0.25, 0.3) is 0 Å². The van der Waals surface area contributed by atoms with Crippen LogP contribution in [0.1, 0.15) is 30.3 Å². The van der Waals surface area contributed by atoms with Crippen molar-refractivity contribution in [3.63, 3.8) is 0 Å². The van der Waals surface area contributed by atoms with Crippen molar-refractivity contribution in [2.75, 3.05) is 18.0 Å². The summed E-state index contributed by atoms with van der Waals surface area (Å²) in [6.45, 7) is 2.75. The van der Waals surface area contributed by atoms with Gasteiger partial charge in [-0.3, -0.25) is 0 Å². The van der Waals surface area contributed by atoms with Crippen LogP contribution in [0.5, 0.6) is 0 Å². The second-order valence-electron chi connectivity index (χ2n) is 6.01. The molecule has 0 aromatic carbocycles. The fraction of sp³-hybridized carbons (Fsp3) is 0.353. The Labute approximate surface area is 150 Å². The van der Waals surface area contributed by atoms with E-state index in [1.54, 1.807) is 17.5 Å². The fourth-order valence-electron chi connectivity index (χ4n) is 3.26. The summed E-state index contributed by atoms with van der Waals surface area (Å²) in [6, 6.07) is 3.89. The first kappa shape index (κ1) is 15.6. The maximum atomic E-state index is 5.95. The van der Waals surface area contributed by atoms with Gasteiger partial charge in [0.2, 0.25) is 0 Å². The molecular formula is C17H18ClN5S. The Morgan fingerprint density at radius 3 is 3.00 bits per heavy atom. The molecule has 24 heavy (non-hydrogen) atoms. The van der Waals surface area contributed by atoms with Crippen molar-refractivity contribution in [3.8, 4) is 0 Å². The molecule has 1 saturated heterocycles. The van der Waals surface area contributed by atoms with Gasteiger partial charge in [0.25, 0.3) is 0 Å². The number of rotatable bonds is 4. The van der Waals surface area contributed by atoms with E-state index >= 15 is 0 Å². The number of piperidine rings is 1. The van der Waals surface area contributed by atoms with E-state index in [0.29, 0.717) is 10.9 Å². The van der Waals surface area contributed by atoms with Gasteiger partial charge in [0.1, 0.15) is 11.6 Å². The second kappa shape index (κ2) is 6.91. The number of anilines is 1. The molecular weight excluding hydrogens is 342 g/mol. The van der Waals surface area contributed by atoms with Crippen molar-refractivity contribution in [2.45, 2.75) is 25.3 Å². The first-order chi connectivity index (χ1) is 11.8. The van der Waals surface area contributed by atoms with Gasteiger partial charge < -0.3 is 9.47 Å². The topological polar surface area (TPSA) is 46.8 Å². The number of imidazole rings is 1. The van der Waals surface area contributed by atoms with Gasteiger partial charge in [-0.15, -0.1) is 11.3 Å². The first-order valence-electron chi connectivity index (χ1n) is 8.04. The first-order valence-corrected chi connectivity index (χ1v) is 9.36. The Balaban J connectivity index is 1.52. The summed E-state index contributed by atoms with van der Waals surface area (Å²) in [5.74, 6) is 2.54. The molecule has 0 amide bonds. The highest BCUT2D eigenvalue weighted by molar-refractivity contribution is 7.07. The number of nitrogens with zero attached hydrogens (tertiary/aromatic N) is 5. The van der Waals surface area contributed by atoms with Gasteiger partial charge in [0.05, 0.1) is 22.8 Å². The molecule has 0 aliphatic carbocycles. The van der Waals surface area contributed by atoms with Gasteiger partial charge in [0.15, 0.2) is 0 Å². The highest BCUT2D eigenvalue weighted by Gasteiger charge is 2.25. The van der Waals surface area contributed by atoms with Crippen LogP contribution >= 0.6 is 22.9 Å². The van der Waals surface area contributed by atoms with Crippen LogP contribution in [0.3, 0.4) is 0 Å². The van der Waals surface area contributed by atoms with Gasteiger partial charge >= 0.3 is 0 Å². The zero-order chi connectivity index (χ0) is 16.4. The Morgan fingerprint density at radius 1 is 1.25 bits per heavy atom. The lowest BCUT2D eigenvalue weighted by Gasteiger charge is -2.33. The van der Waals surface area contributed by atoms with Crippen molar-refractivity contribution in [1.29, 1.82) is 0 Å². The predicted octanol–water partition coefficient (Wildman–Crippen LogP) is 3.82. The van der Waals surface area contributed by atoms with Crippen molar-refractivity contribution in [3.05, 3.63) is 58.2 Å². The largest absolute Gasteiger partial charge is 0.356 e. The maximum Gasteiger partial charge on any atom is 0.128 e. The number of hydrogen-bond donors (Lipinski definition) is 0. The van der Waals surface area contributed by atoms with Gasteiger partial charge in [-0.25, -0.2) is 15.0 Å². The lowest BCUT2D eigenvalue weighted by molar-refractivity contribution is 0.473. The molecule has 1 atom stereocenters. The minimum atomic E-state index is 0.407. The molecule has 0 saturated carbocycles. The lowest BCUT2D eigenvalue weighted by atomic mass is 9.97. The molecule has 0 radical (unpaired) electrons. The second-order valence-corrected chi connectivity index (χ2v) is 7.17. The van der Waals surface area contributed by atoms with E-state index in [-0.39, 0.29) is 0 Å². The molecule has 4 rings (SSSR count). The van der Waals surface area contributed by atoms with E-state index < -0.39 is 0 Å². The summed E-state index contributed by atoms with van der Waals surface area (Å²) in [5.41, 5.74) is 2.96.